The van der Waals surface area contributed by atoms with Crippen molar-refractivity contribution in [2.45, 2.75) is 31.9 Å². The van der Waals surface area contributed by atoms with Gasteiger partial charge in [0.1, 0.15) is 0 Å². The minimum Gasteiger partial charge on any atom is -0.383 e. The SMILES string of the molecule is CCOC(C1CC1)C(COC)NN. The third-order valence-electron chi connectivity index (χ3n) is 2.40. The molecule has 0 radical (unpaired) electrons. The molecule has 0 aliphatic heterocycles. The monoisotopic (exact) mass is 188 g/mol. The molecule has 78 valence electrons. The molecule has 0 aromatic heterocycles. The zero-order valence-electron chi connectivity index (χ0n) is 8.45. The number of hydrogen-bond donors (Lipinski definition) is 2. The van der Waals surface area contributed by atoms with E-state index in [1.165, 1.54) is 12.8 Å². The van der Waals surface area contributed by atoms with Crippen LogP contribution >= 0.6 is 0 Å². The second-order valence-electron chi connectivity index (χ2n) is 3.49. The molecule has 1 fully saturated rings. The van der Waals surface area contributed by atoms with Crippen molar-refractivity contribution in [1.82, 2.24) is 5.43 Å². The van der Waals surface area contributed by atoms with Crippen LogP contribution in [-0.4, -0.2) is 32.5 Å². The Bertz CT molecular complexity index is 140. The first-order chi connectivity index (χ1) is 6.33. The molecule has 1 aliphatic rings. The van der Waals surface area contributed by atoms with Crippen molar-refractivity contribution in [1.29, 1.82) is 0 Å². The number of methoxy groups -OCH3 is 1. The summed E-state index contributed by atoms with van der Waals surface area (Å²) < 4.78 is 10.7. The van der Waals surface area contributed by atoms with E-state index in [1.54, 1.807) is 7.11 Å². The lowest BCUT2D eigenvalue weighted by atomic mass is 10.1. The van der Waals surface area contributed by atoms with Crippen LogP contribution in [0, 0.1) is 5.92 Å². The van der Waals surface area contributed by atoms with Gasteiger partial charge in [0, 0.05) is 13.7 Å². The third kappa shape index (κ3) is 3.23. The van der Waals surface area contributed by atoms with E-state index in [1.807, 2.05) is 6.92 Å². The second kappa shape index (κ2) is 5.54. The van der Waals surface area contributed by atoms with Crippen molar-refractivity contribution in [3.05, 3.63) is 0 Å². The molecular weight excluding hydrogens is 168 g/mol. The van der Waals surface area contributed by atoms with Crippen molar-refractivity contribution in [3.8, 4) is 0 Å². The van der Waals surface area contributed by atoms with Crippen LogP contribution in [0.4, 0.5) is 0 Å². The van der Waals surface area contributed by atoms with Gasteiger partial charge in [0.15, 0.2) is 0 Å². The largest absolute Gasteiger partial charge is 0.383 e. The van der Waals surface area contributed by atoms with Crippen molar-refractivity contribution < 1.29 is 9.47 Å². The van der Waals surface area contributed by atoms with E-state index >= 15 is 0 Å². The van der Waals surface area contributed by atoms with Crippen molar-refractivity contribution in [3.63, 3.8) is 0 Å². The molecule has 1 aliphatic carbocycles. The Hall–Kier alpha value is -0.160. The molecule has 0 spiro atoms. The van der Waals surface area contributed by atoms with Crippen LogP contribution in [0.25, 0.3) is 0 Å². The maximum absolute atomic E-state index is 5.65. The Morgan fingerprint density at radius 2 is 2.23 bits per heavy atom. The van der Waals surface area contributed by atoms with Gasteiger partial charge in [0.2, 0.25) is 0 Å². The molecule has 3 N–H and O–H groups in total. The number of nitrogens with two attached hydrogens (primary N) is 1. The molecule has 13 heavy (non-hydrogen) atoms. The Kier molecular flexibility index (Phi) is 4.66. The molecule has 2 unspecified atom stereocenters. The Morgan fingerprint density at radius 1 is 1.54 bits per heavy atom. The van der Waals surface area contributed by atoms with E-state index in [4.69, 9.17) is 15.3 Å². The third-order valence-corrected chi connectivity index (χ3v) is 2.40. The highest BCUT2D eigenvalue weighted by Gasteiger charge is 2.36. The lowest BCUT2D eigenvalue weighted by Gasteiger charge is -2.25. The fourth-order valence-electron chi connectivity index (χ4n) is 1.62. The minimum absolute atomic E-state index is 0.123. The van der Waals surface area contributed by atoms with Gasteiger partial charge in [0.25, 0.3) is 0 Å². The maximum atomic E-state index is 5.65. The van der Waals surface area contributed by atoms with Crippen LogP contribution in [0.15, 0.2) is 0 Å². The van der Waals surface area contributed by atoms with Crippen LogP contribution in [0.3, 0.4) is 0 Å². The quantitative estimate of drug-likeness (QED) is 0.445. The van der Waals surface area contributed by atoms with Gasteiger partial charge in [-0.1, -0.05) is 0 Å². The predicted molar refractivity (Wildman–Crippen MR) is 51.1 cm³/mol. The van der Waals surface area contributed by atoms with E-state index in [9.17, 15) is 0 Å². The average Bonchev–Trinajstić information content (AvgIpc) is 2.94. The fourth-order valence-corrected chi connectivity index (χ4v) is 1.62. The van der Waals surface area contributed by atoms with Gasteiger partial charge < -0.3 is 9.47 Å². The van der Waals surface area contributed by atoms with E-state index in [0.717, 1.165) is 6.61 Å². The molecular formula is C9H20N2O2. The van der Waals surface area contributed by atoms with Crippen molar-refractivity contribution in [2.75, 3.05) is 20.3 Å². The molecule has 4 heteroatoms. The molecule has 2 atom stereocenters. The summed E-state index contributed by atoms with van der Waals surface area (Å²) >= 11 is 0. The normalized spacial score (nSPS) is 21.5. The smallest absolute Gasteiger partial charge is 0.0791 e. The molecule has 0 bridgehead atoms. The average molecular weight is 188 g/mol. The Labute approximate surface area is 79.7 Å². The van der Waals surface area contributed by atoms with Crippen LogP contribution in [-0.2, 0) is 9.47 Å². The van der Waals surface area contributed by atoms with Crippen molar-refractivity contribution >= 4 is 0 Å². The molecule has 1 saturated carbocycles. The summed E-state index contributed by atoms with van der Waals surface area (Å²) in [5.74, 6) is 6.12. The van der Waals surface area contributed by atoms with Crippen molar-refractivity contribution in [2.24, 2.45) is 11.8 Å². The summed E-state index contributed by atoms with van der Waals surface area (Å²) in [6.45, 7) is 3.36. The number of hydrogen-bond acceptors (Lipinski definition) is 4. The molecule has 0 aromatic rings. The molecule has 0 amide bonds. The second-order valence-corrected chi connectivity index (χ2v) is 3.49. The highest BCUT2D eigenvalue weighted by atomic mass is 16.5. The van der Waals surface area contributed by atoms with Crippen LogP contribution in [0.5, 0.6) is 0 Å². The first-order valence-electron chi connectivity index (χ1n) is 4.90. The van der Waals surface area contributed by atoms with Gasteiger partial charge in [-0.2, -0.15) is 0 Å². The standard InChI is InChI=1S/C9H20N2O2/c1-3-13-9(7-4-5-7)8(11-10)6-12-2/h7-9,11H,3-6,10H2,1-2H3. The van der Waals surface area contributed by atoms with Gasteiger partial charge in [-0.15, -0.1) is 0 Å². The zero-order chi connectivity index (χ0) is 9.68. The topological polar surface area (TPSA) is 56.5 Å². The minimum atomic E-state index is 0.123. The lowest BCUT2D eigenvalue weighted by Crippen LogP contribution is -2.49. The first kappa shape index (κ1) is 10.9. The summed E-state index contributed by atoms with van der Waals surface area (Å²) in [4.78, 5) is 0. The van der Waals surface area contributed by atoms with Crippen LogP contribution in [0.1, 0.15) is 19.8 Å². The van der Waals surface area contributed by atoms with E-state index in [-0.39, 0.29) is 12.1 Å². The molecule has 0 heterocycles. The summed E-state index contributed by atoms with van der Waals surface area (Å²) in [6, 6.07) is 0.123. The molecule has 0 saturated heterocycles. The fraction of sp³-hybridized carbons (Fsp3) is 1.00. The van der Waals surface area contributed by atoms with Gasteiger partial charge in [-0.3, -0.25) is 11.3 Å². The highest BCUT2D eigenvalue weighted by molar-refractivity contribution is 4.89. The Balaban J connectivity index is 2.38. The number of hydrazine groups is 1. The number of nitrogens with one attached hydrogen (secondary N) is 1. The summed E-state index contributed by atoms with van der Waals surface area (Å²) in [5, 5.41) is 0. The molecule has 0 aromatic carbocycles. The summed E-state index contributed by atoms with van der Waals surface area (Å²) in [7, 11) is 1.68. The van der Waals surface area contributed by atoms with Gasteiger partial charge in [-0.05, 0) is 25.7 Å². The zero-order valence-corrected chi connectivity index (χ0v) is 8.45. The highest BCUT2D eigenvalue weighted by Crippen LogP contribution is 2.35. The van der Waals surface area contributed by atoms with E-state index in [2.05, 4.69) is 5.43 Å². The molecule has 1 rings (SSSR count). The molecule has 4 nitrogen and oxygen atoms in total. The van der Waals surface area contributed by atoms with Crippen LogP contribution in [0.2, 0.25) is 0 Å². The van der Waals surface area contributed by atoms with E-state index in [0.29, 0.717) is 12.5 Å². The van der Waals surface area contributed by atoms with Gasteiger partial charge in [0.05, 0.1) is 18.8 Å². The van der Waals surface area contributed by atoms with Gasteiger partial charge >= 0.3 is 0 Å². The first-order valence-corrected chi connectivity index (χ1v) is 4.90. The predicted octanol–water partition coefficient (Wildman–Crippen LogP) is 0.280. The number of ether oxygens (including phenoxy) is 2. The van der Waals surface area contributed by atoms with Crippen LogP contribution < -0.4 is 11.3 Å². The maximum Gasteiger partial charge on any atom is 0.0791 e. The Morgan fingerprint density at radius 3 is 2.62 bits per heavy atom. The van der Waals surface area contributed by atoms with E-state index < -0.39 is 0 Å². The summed E-state index contributed by atoms with van der Waals surface area (Å²) in [5.41, 5.74) is 2.76. The van der Waals surface area contributed by atoms with Gasteiger partial charge in [-0.25, -0.2) is 0 Å². The summed E-state index contributed by atoms with van der Waals surface area (Å²) in [6.07, 6.45) is 2.73. The lowest BCUT2D eigenvalue weighted by molar-refractivity contribution is -0.00334. The number of rotatable bonds is 7.